The lowest BCUT2D eigenvalue weighted by Crippen LogP contribution is -2.15. The van der Waals surface area contributed by atoms with Crippen LogP contribution in [0.2, 0.25) is 0 Å². The summed E-state index contributed by atoms with van der Waals surface area (Å²) >= 11 is 3.51. The van der Waals surface area contributed by atoms with Crippen LogP contribution in [0.3, 0.4) is 0 Å². The Kier molecular flexibility index (Phi) is 5.89. The van der Waals surface area contributed by atoms with Crippen molar-refractivity contribution in [2.45, 2.75) is 44.9 Å². The summed E-state index contributed by atoms with van der Waals surface area (Å²) in [5.74, 6) is 0.774. The van der Waals surface area contributed by atoms with Crippen molar-refractivity contribution in [2.75, 3.05) is 6.61 Å². The Morgan fingerprint density at radius 2 is 2.05 bits per heavy atom. The number of carboxylic acid groups (broad SMARTS) is 1. The van der Waals surface area contributed by atoms with Crippen molar-refractivity contribution in [1.29, 1.82) is 0 Å². The van der Waals surface area contributed by atoms with E-state index in [9.17, 15) is 4.79 Å². The normalized spacial score (nSPS) is 16.1. The van der Waals surface area contributed by atoms with Gasteiger partial charge in [0.05, 0.1) is 11.1 Å². The van der Waals surface area contributed by atoms with Crippen molar-refractivity contribution < 1.29 is 14.6 Å². The summed E-state index contributed by atoms with van der Waals surface area (Å²) in [7, 11) is 0. The lowest BCUT2D eigenvalue weighted by molar-refractivity contribution is -0.136. The third-order valence-corrected chi connectivity index (χ3v) is 4.44. The third-order valence-electron chi connectivity index (χ3n) is 3.82. The Labute approximate surface area is 128 Å². The van der Waals surface area contributed by atoms with Gasteiger partial charge in [0.2, 0.25) is 0 Å². The van der Waals surface area contributed by atoms with Crippen LogP contribution in [0.4, 0.5) is 0 Å². The second kappa shape index (κ2) is 7.67. The highest BCUT2D eigenvalue weighted by Crippen LogP contribution is 2.29. The zero-order valence-corrected chi connectivity index (χ0v) is 13.2. The molecule has 110 valence electrons. The minimum atomic E-state index is -0.765. The Morgan fingerprint density at radius 1 is 1.30 bits per heavy atom. The van der Waals surface area contributed by atoms with Gasteiger partial charge in [0.15, 0.2) is 0 Å². The number of benzene rings is 1. The van der Waals surface area contributed by atoms with Gasteiger partial charge in [-0.25, -0.2) is 0 Å². The molecule has 20 heavy (non-hydrogen) atoms. The van der Waals surface area contributed by atoms with Gasteiger partial charge in [0.25, 0.3) is 0 Å². The molecule has 0 heterocycles. The summed E-state index contributed by atoms with van der Waals surface area (Å²) in [6.45, 7) is 0.785. The van der Waals surface area contributed by atoms with E-state index in [0.29, 0.717) is 12.3 Å². The van der Waals surface area contributed by atoms with Crippen LogP contribution in [0.5, 0.6) is 5.75 Å². The number of ether oxygens (including phenoxy) is 1. The lowest BCUT2D eigenvalue weighted by atomic mass is 9.90. The summed E-state index contributed by atoms with van der Waals surface area (Å²) in [5.41, 5.74) is 1.02. The van der Waals surface area contributed by atoms with Gasteiger partial charge in [-0.05, 0) is 58.8 Å². The van der Waals surface area contributed by atoms with E-state index in [1.165, 1.54) is 32.1 Å². The van der Waals surface area contributed by atoms with Crippen molar-refractivity contribution in [3.8, 4) is 5.75 Å². The highest BCUT2D eigenvalue weighted by Gasteiger charge is 2.14. The molecule has 1 saturated carbocycles. The molecular formula is C16H21BrO3. The molecule has 1 aliphatic carbocycles. The quantitative estimate of drug-likeness (QED) is 0.833. The summed E-state index contributed by atoms with van der Waals surface area (Å²) in [5, 5.41) is 8.69. The minimum absolute atomic E-state index is 0.161. The van der Waals surface area contributed by atoms with Gasteiger partial charge in [-0.1, -0.05) is 25.3 Å². The standard InChI is InChI=1S/C16H21BrO3/c17-14-10-12(7-9-16(18)19)6-8-15(14)20-11-13-4-2-1-3-5-13/h6,8,10,13H,1-5,7,9,11H2,(H,18,19). The van der Waals surface area contributed by atoms with Gasteiger partial charge in [-0.3, -0.25) is 4.79 Å². The van der Waals surface area contributed by atoms with Gasteiger partial charge in [0.1, 0.15) is 5.75 Å². The van der Waals surface area contributed by atoms with Crippen molar-refractivity contribution in [1.82, 2.24) is 0 Å². The molecule has 1 fully saturated rings. The number of aliphatic carboxylic acids is 1. The van der Waals surface area contributed by atoms with Crippen LogP contribution >= 0.6 is 15.9 Å². The van der Waals surface area contributed by atoms with E-state index in [1.807, 2.05) is 18.2 Å². The van der Waals surface area contributed by atoms with Crippen molar-refractivity contribution in [2.24, 2.45) is 5.92 Å². The lowest BCUT2D eigenvalue weighted by Gasteiger charge is -2.22. The average molecular weight is 341 g/mol. The molecule has 1 aliphatic rings. The smallest absolute Gasteiger partial charge is 0.303 e. The topological polar surface area (TPSA) is 46.5 Å². The summed E-state index contributed by atoms with van der Waals surface area (Å²) in [6, 6.07) is 5.84. The van der Waals surface area contributed by atoms with Crippen LogP contribution in [0, 0.1) is 5.92 Å². The molecule has 1 N–H and O–H groups in total. The van der Waals surface area contributed by atoms with Crippen LogP contribution in [0.15, 0.2) is 22.7 Å². The molecule has 0 saturated heterocycles. The maximum atomic E-state index is 10.6. The molecule has 0 spiro atoms. The fourth-order valence-corrected chi connectivity index (χ4v) is 3.17. The monoisotopic (exact) mass is 340 g/mol. The maximum absolute atomic E-state index is 10.6. The molecule has 2 rings (SSSR count). The summed E-state index contributed by atoms with van der Waals surface area (Å²) in [4.78, 5) is 10.6. The van der Waals surface area contributed by atoms with Crippen LogP contribution in [-0.2, 0) is 11.2 Å². The number of carbonyl (C=O) groups is 1. The largest absolute Gasteiger partial charge is 0.492 e. The first kappa shape index (κ1) is 15.4. The first-order valence-electron chi connectivity index (χ1n) is 7.28. The van der Waals surface area contributed by atoms with E-state index in [0.717, 1.165) is 22.4 Å². The number of halogens is 1. The molecule has 0 bridgehead atoms. The minimum Gasteiger partial charge on any atom is -0.492 e. The SMILES string of the molecule is O=C(O)CCc1ccc(OCC2CCCCC2)c(Br)c1. The third kappa shape index (κ3) is 4.82. The number of hydrogen-bond acceptors (Lipinski definition) is 2. The second-order valence-electron chi connectivity index (χ2n) is 5.47. The average Bonchev–Trinajstić information content (AvgIpc) is 2.45. The first-order chi connectivity index (χ1) is 9.65. The van der Waals surface area contributed by atoms with Crippen LogP contribution < -0.4 is 4.74 Å². The highest BCUT2D eigenvalue weighted by molar-refractivity contribution is 9.10. The molecule has 0 aliphatic heterocycles. The molecule has 1 aromatic carbocycles. The molecular weight excluding hydrogens is 320 g/mol. The molecule has 1 aromatic rings. The predicted molar refractivity (Wildman–Crippen MR) is 82.2 cm³/mol. The fraction of sp³-hybridized carbons (Fsp3) is 0.562. The molecule has 0 radical (unpaired) electrons. The second-order valence-corrected chi connectivity index (χ2v) is 6.33. The number of hydrogen-bond donors (Lipinski definition) is 1. The van der Waals surface area contributed by atoms with Gasteiger partial charge >= 0.3 is 5.97 Å². The van der Waals surface area contributed by atoms with E-state index >= 15 is 0 Å². The summed E-state index contributed by atoms with van der Waals surface area (Å²) in [6.07, 6.45) is 7.26. The van der Waals surface area contributed by atoms with E-state index < -0.39 is 5.97 Å². The van der Waals surface area contributed by atoms with Gasteiger partial charge in [0, 0.05) is 6.42 Å². The number of aryl methyl sites for hydroxylation is 1. The van der Waals surface area contributed by atoms with E-state index in [-0.39, 0.29) is 6.42 Å². The van der Waals surface area contributed by atoms with E-state index in [1.54, 1.807) is 0 Å². The van der Waals surface area contributed by atoms with Gasteiger partial charge in [-0.2, -0.15) is 0 Å². The van der Waals surface area contributed by atoms with Crippen LogP contribution in [0.25, 0.3) is 0 Å². The Balaban J connectivity index is 1.86. The van der Waals surface area contributed by atoms with Gasteiger partial charge < -0.3 is 9.84 Å². The summed E-state index contributed by atoms with van der Waals surface area (Å²) < 4.78 is 6.81. The molecule has 0 aromatic heterocycles. The number of rotatable bonds is 6. The molecule has 0 amide bonds. The Bertz CT molecular complexity index is 453. The zero-order valence-electron chi connectivity index (χ0n) is 11.6. The van der Waals surface area contributed by atoms with Crippen LogP contribution in [0.1, 0.15) is 44.1 Å². The Hall–Kier alpha value is -1.03. The van der Waals surface area contributed by atoms with Crippen LogP contribution in [-0.4, -0.2) is 17.7 Å². The zero-order chi connectivity index (χ0) is 14.4. The highest BCUT2D eigenvalue weighted by atomic mass is 79.9. The Morgan fingerprint density at radius 3 is 2.70 bits per heavy atom. The van der Waals surface area contributed by atoms with Crippen molar-refractivity contribution >= 4 is 21.9 Å². The first-order valence-corrected chi connectivity index (χ1v) is 8.07. The molecule has 3 nitrogen and oxygen atoms in total. The van der Waals surface area contributed by atoms with E-state index in [4.69, 9.17) is 9.84 Å². The van der Waals surface area contributed by atoms with Gasteiger partial charge in [-0.15, -0.1) is 0 Å². The van der Waals surface area contributed by atoms with Crippen molar-refractivity contribution in [3.63, 3.8) is 0 Å². The number of carboxylic acids is 1. The van der Waals surface area contributed by atoms with Crippen molar-refractivity contribution in [3.05, 3.63) is 28.2 Å². The van der Waals surface area contributed by atoms with E-state index in [2.05, 4.69) is 15.9 Å². The predicted octanol–water partition coefficient (Wildman–Crippen LogP) is 4.43. The maximum Gasteiger partial charge on any atom is 0.303 e. The fourth-order valence-electron chi connectivity index (χ4n) is 2.63. The molecule has 4 heteroatoms. The molecule has 0 unspecified atom stereocenters. The molecule has 0 atom stereocenters.